The van der Waals surface area contributed by atoms with Crippen molar-refractivity contribution in [1.29, 1.82) is 0 Å². The van der Waals surface area contributed by atoms with E-state index in [9.17, 15) is 0 Å². The minimum absolute atomic E-state index is 0.511. The molecule has 0 atom stereocenters. The van der Waals surface area contributed by atoms with Crippen LogP contribution in [0.2, 0.25) is 0 Å². The average molecular weight is 244 g/mol. The molecule has 0 fully saturated rings. The van der Waals surface area contributed by atoms with Crippen LogP contribution in [0.25, 0.3) is 0 Å². The normalized spacial score (nSPS) is 10.2. The quantitative estimate of drug-likeness (QED) is 0.792. The molecule has 94 valence electrons. The highest BCUT2D eigenvalue weighted by Crippen LogP contribution is 2.08. The molecule has 0 unspecified atom stereocenters. The summed E-state index contributed by atoms with van der Waals surface area (Å²) in [5.74, 6) is 1.37. The first kappa shape index (κ1) is 12.4. The number of para-hydroxylation sites is 1. The lowest BCUT2D eigenvalue weighted by Crippen LogP contribution is -2.06. The molecule has 18 heavy (non-hydrogen) atoms. The topological polar surface area (TPSA) is 57.4 Å². The van der Waals surface area contributed by atoms with Crippen LogP contribution >= 0.6 is 0 Å². The SMILES string of the molecule is Nc1cc(COCCOc2ccccc2)ccn1. The number of nitrogens with two attached hydrogens (primary N) is 1. The van der Waals surface area contributed by atoms with Gasteiger partial charge in [0.05, 0.1) is 13.2 Å². The summed E-state index contributed by atoms with van der Waals surface area (Å²) in [5, 5.41) is 0. The number of aromatic nitrogens is 1. The Morgan fingerprint density at radius 1 is 1.06 bits per heavy atom. The van der Waals surface area contributed by atoms with Gasteiger partial charge < -0.3 is 15.2 Å². The van der Waals surface area contributed by atoms with Gasteiger partial charge in [-0.05, 0) is 29.8 Å². The molecule has 0 aliphatic heterocycles. The van der Waals surface area contributed by atoms with E-state index in [1.807, 2.05) is 36.4 Å². The molecule has 2 N–H and O–H groups in total. The summed E-state index contributed by atoms with van der Waals surface area (Å²) in [7, 11) is 0. The van der Waals surface area contributed by atoms with Gasteiger partial charge in [0.1, 0.15) is 18.2 Å². The summed E-state index contributed by atoms with van der Waals surface area (Å²) in [6, 6.07) is 13.4. The van der Waals surface area contributed by atoms with Crippen LogP contribution < -0.4 is 10.5 Å². The smallest absolute Gasteiger partial charge is 0.123 e. The van der Waals surface area contributed by atoms with Crippen LogP contribution in [-0.2, 0) is 11.3 Å². The Hall–Kier alpha value is -2.07. The summed E-state index contributed by atoms with van der Waals surface area (Å²) in [6.45, 7) is 1.59. The molecule has 1 aromatic carbocycles. The molecular formula is C14H16N2O2. The summed E-state index contributed by atoms with van der Waals surface area (Å²) in [6.07, 6.45) is 1.68. The summed E-state index contributed by atoms with van der Waals surface area (Å²) < 4.78 is 11.0. The van der Waals surface area contributed by atoms with Gasteiger partial charge in [-0.15, -0.1) is 0 Å². The predicted octanol–water partition coefficient (Wildman–Crippen LogP) is 2.26. The third kappa shape index (κ3) is 4.07. The molecule has 1 heterocycles. The molecule has 0 radical (unpaired) electrons. The van der Waals surface area contributed by atoms with Crippen molar-refractivity contribution in [2.45, 2.75) is 6.61 Å². The Kier molecular flexibility index (Phi) is 4.55. The van der Waals surface area contributed by atoms with Crippen LogP contribution in [0.3, 0.4) is 0 Å². The average Bonchev–Trinajstić information content (AvgIpc) is 2.40. The van der Waals surface area contributed by atoms with Crippen molar-refractivity contribution in [1.82, 2.24) is 4.98 Å². The molecule has 0 amide bonds. The summed E-state index contributed by atoms with van der Waals surface area (Å²) >= 11 is 0. The number of ether oxygens (including phenoxy) is 2. The molecule has 0 aliphatic rings. The third-order valence-corrected chi connectivity index (χ3v) is 2.35. The number of anilines is 1. The minimum atomic E-state index is 0.511. The van der Waals surface area contributed by atoms with E-state index in [0.29, 0.717) is 25.6 Å². The number of nitrogens with zero attached hydrogens (tertiary/aromatic N) is 1. The van der Waals surface area contributed by atoms with E-state index in [1.54, 1.807) is 12.3 Å². The molecule has 4 nitrogen and oxygen atoms in total. The molecule has 0 spiro atoms. The number of hydrogen-bond donors (Lipinski definition) is 1. The van der Waals surface area contributed by atoms with E-state index < -0.39 is 0 Å². The highest BCUT2D eigenvalue weighted by Gasteiger charge is 1.96. The lowest BCUT2D eigenvalue weighted by atomic mass is 10.3. The Bertz CT molecular complexity index is 474. The predicted molar refractivity (Wildman–Crippen MR) is 70.2 cm³/mol. The number of benzene rings is 1. The van der Waals surface area contributed by atoms with Gasteiger partial charge in [0.2, 0.25) is 0 Å². The fourth-order valence-electron chi connectivity index (χ4n) is 1.51. The maximum Gasteiger partial charge on any atom is 0.123 e. The second-order valence-electron chi connectivity index (χ2n) is 3.80. The van der Waals surface area contributed by atoms with E-state index in [2.05, 4.69) is 4.98 Å². The van der Waals surface area contributed by atoms with E-state index >= 15 is 0 Å². The van der Waals surface area contributed by atoms with Crippen LogP contribution in [0, 0.1) is 0 Å². The zero-order chi connectivity index (χ0) is 12.6. The van der Waals surface area contributed by atoms with E-state index in [4.69, 9.17) is 15.2 Å². The van der Waals surface area contributed by atoms with Crippen LogP contribution in [0.5, 0.6) is 5.75 Å². The standard InChI is InChI=1S/C14H16N2O2/c15-14-10-12(6-7-16-14)11-17-8-9-18-13-4-2-1-3-5-13/h1-7,10H,8-9,11H2,(H2,15,16). The van der Waals surface area contributed by atoms with Gasteiger partial charge in [0.15, 0.2) is 0 Å². The molecule has 2 aromatic rings. The lowest BCUT2D eigenvalue weighted by molar-refractivity contribution is 0.0889. The van der Waals surface area contributed by atoms with Crippen LogP contribution in [0.15, 0.2) is 48.7 Å². The molecule has 0 saturated heterocycles. The largest absolute Gasteiger partial charge is 0.491 e. The zero-order valence-electron chi connectivity index (χ0n) is 10.1. The lowest BCUT2D eigenvalue weighted by Gasteiger charge is -2.07. The highest BCUT2D eigenvalue weighted by molar-refractivity contribution is 5.31. The van der Waals surface area contributed by atoms with Gasteiger partial charge >= 0.3 is 0 Å². The van der Waals surface area contributed by atoms with Gasteiger partial charge in [0.25, 0.3) is 0 Å². The van der Waals surface area contributed by atoms with E-state index in [1.165, 1.54) is 0 Å². The molecule has 2 rings (SSSR count). The van der Waals surface area contributed by atoms with Crippen LogP contribution in [0.4, 0.5) is 5.82 Å². The maximum atomic E-state index is 5.57. The Morgan fingerprint density at radius 3 is 2.67 bits per heavy atom. The Morgan fingerprint density at radius 2 is 1.89 bits per heavy atom. The van der Waals surface area contributed by atoms with E-state index in [0.717, 1.165) is 11.3 Å². The fraction of sp³-hybridized carbons (Fsp3) is 0.214. The monoisotopic (exact) mass is 244 g/mol. The van der Waals surface area contributed by atoms with Crippen molar-refractivity contribution >= 4 is 5.82 Å². The minimum Gasteiger partial charge on any atom is -0.491 e. The van der Waals surface area contributed by atoms with Gasteiger partial charge in [-0.25, -0.2) is 4.98 Å². The molecular weight excluding hydrogens is 228 g/mol. The zero-order valence-corrected chi connectivity index (χ0v) is 10.1. The van der Waals surface area contributed by atoms with Crippen molar-refractivity contribution in [3.05, 3.63) is 54.2 Å². The maximum absolute atomic E-state index is 5.57. The second kappa shape index (κ2) is 6.61. The van der Waals surface area contributed by atoms with Crippen molar-refractivity contribution in [2.24, 2.45) is 0 Å². The summed E-state index contributed by atoms with van der Waals surface area (Å²) in [4.78, 5) is 3.92. The number of nitrogen functional groups attached to an aromatic ring is 1. The van der Waals surface area contributed by atoms with Crippen molar-refractivity contribution < 1.29 is 9.47 Å². The van der Waals surface area contributed by atoms with Crippen LogP contribution in [-0.4, -0.2) is 18.2 Å². The summed E-state index contributed by atoms with van der Waals surface area (Å²) in [5.41, 5.74) is 6.59. The number of pyridine rings is 1. The molecule has 0 saturated carbocycles. The third-order valence-electron chi connectivity index (χ3n) is 2.35. The van der Waals surface area contributed by atoms with Gasteiger partial charge in [-0.3, -0.25) is 0 Å². The highest BCUT2D eigenvalue weighted by atomic mass is 16.5. The van der Waals surface area contributed by atoms with Gasteiger partial charge in [-0.2, -0.15) is 0 Å². The Balaban J connectivity index is 1.65. The molecule has 4 heteroatoms. The molecule has 0 aliphatic carbocycles. The second-order valence-corrected chi connectivity index (χ2v) is 3.80. The van der Waals surface area contributed by atoms with E-state index in [-0.39, 0.29) is 0 Å². The first-order chi connectivity index (χ1) is 8.84. The van der Waals surface area contributed by atoms with Crippen molar-refractivity contribution in [2.75, 3.05) is 18.9 Å². The fourth-order valence-corrected chi connectivity index (χ4v) is 1.51. The first-order valence-electron chi connectivity index (χ1n) is 5.80. The number of hydrogen-bond acceptors (Lipinski definition) is 4. The van der Waals surface area contributed by atoms with Crippen molar-refractivity contribution in [3.8, 4) is 5.75 Å². The van der Waals surface area contributed by atoms with Gasteiger partial charge in [-0.1, -0.05) is 18.2 Å². The molecule has 1 aromatic heterocycles. The molecule has 0 bridgehead atoms. The first-order valence-corrected chi connectivity index (χ1v) is 5.80. The van der Waals surface area contributed by atoms with Crippen molar-refractivity contribution in [3.63, 3.8) is 0 Å². The van der Waals surface area contributed by atoms with Crippen LogP contribution in [0.1, 0.15) is 5.56 Å². The number of rotatable bonds is 6. The Labute approximate surface area is 106 Å². The van der Waals surface area contributed by atoms with Gasteiger partial charge in [0, 0.05) is 6.20 Å².